The zero-order valence-corrected chi connectivity index (χ0v) is 17.1. The summed E-state index contributed by atoms with van der Waals surface area (Å²) in [4.78, 5) is 16.7. The number of hydrogen-bond acceptors (Lipinski definition) is 2. The van der Waals surface area contributed by atoms with E-state index in [0.717, 1.165) is 42.1 Å². The van der Waals surface area contributed by atoms with Crippen molar-refractivity contribution in [2.75, 3.05) is 0 Å². The molecular weight excluding hydrogens is 382 g/mol. The predicted octanol–water partition coefficient (Wildman–Crippen LogP) is 5.53. The van der Waals surface area contributed by atoms with Crippen molar-refractivity contribution in [1.82, 2.24) is 10.3 Å². The van der Waals surface area contributed by atoms with Gasteiger partial charge < -0.3 is 5.32 Å². The van der Waals surface area contributed by atoms with Crippen LogP contribution in [-0.4, -0.2) is 16.9 Å². The third-order valence-electron chi connectivity index (χ3n) is 6.35. The molecule has 0 aliphatic heterocycles. The smallest absolute Gasteiger partial charge is 0.224 e. The zero-order chi connectivity index (χ0) is 21.1. The number of amides is 1. The van der Waals surface area contributed by atoms with Crippen molar-refractivity contribution in [1.29, 1.82) is 0 Å². The number of aromatic nitrogens is 1. The third-order valence-corrected chi connectivity index (χ3v) is 6.35. The molecule has 1 N–H and O–H groups in total. The first-order valence-corrected chi connectivity index (χ1v) is 10.6. The van der Waals surface area contributed by atoms with Crippen molar-refractivity contribution in [3.63, 3.8) is 0 Å². The lowest BCUT2D eigenvalue weighted by atomic mass is 9.75. The van der Waals surface area contributed by atoms with Gasteiger partial charge in [0.1, 0.15) is 11.6 Å². The van der Waals surface area contributed by atoms with Gasteiger partial charge in [-0.2, -0.15) is 0 Å². The molecule has 0 unspecified atom stereocenters. The van der Waals surface area contributed by atoms with Crippen LogP contribution in [0.2, 0.25) is 0 Å². The quantitative estimate of drug-likeness (QED) is 0.603. The van der Waals surface area contributed by atoms with Crippen LogP contribution < -0.4 is 5.32 Å². The maximum Gasteiger partial charge on any atom is 0.224 e. The first-order valence-electron chi connectivity index (χ1n) is 10.6. The largest absolute Gasteiger partial charge is 0.353 e. The van der Waals surface area contributed by atoms with Crippen molar-refractivity contribution in [3.8, 4) is 0 Å². The van der Waals surface area contributed by atoms with E-state index < -0.39 is 0 Å². The molecule has 1 amide bonds. The molecule has 0 saturated heterocycles. The monoisotopic (exact) mass is 408 g/mol. The molecular formula is C25H26F2N2O. The molecule has 156 valence electrons. The minimum Gasteiger partial charge on any atom is -0.353 e. The van der Waals surface area contributed by atoms with E-state index in [4.69, 9.17) is 0 Å². The maximum absolute atomic E-state index is 13.8. The molecule has 5 heteroatoms. The normalized spacial score (nSPS) is 20.1. The fourth-order valence-corrected chi connectivity index (χ4v) is 4.66. The van der Waals surface area contributed by atoms with Crippen LogP contribution in [-0.2, 0) is 11.2 Å². The summed E-state index contributed by atoms with van der Waals surface area (Å²) in [7, 11) is 0. The second-order valence-electron chi connectivity index (χ2n) is 8.30. The molecule has 2 aromatic carbocycles. The SMILES string of the molecule is C[C@@H](NC(=O)Cc1ccccc1F)C1CCC(c2ccnc3ccc(F)cc23)CC1. The molecule has 0 bridgehead atoms. The second-order valence-corrected chi connectivity index (χ2v) is 8.30. The number of carbonyl (C=O) groups is 1. The highest BCUT2D eigenvalue weighted by molar-refractivity contribution is 5.82. The van der Waals surface area contributed by atoms with E-state index in [-0.39, 0.29) is 30.0 Å². The van der Waals surface area contributed by atoms with E-state index in [1.54, 1.807) is 36.5 Å². The molecule has 1 atom stereocenters. The summed E-state index contributed by atoms with van der Waals surface area (Å²) in [6, 6.07) is 13.2. The summed E-state index contributed by atoms with van der Waals surface area (Å²) in [5.74, 6) is 0.0225. The summed E-state index contributed by atoms with van der Waals surface area (Å²) in [6.45, 7) is 2.03. The lowest BCUT2D eigenvalue weighted by molar-refractivity contribution is -0.121. The number of hydrogen-bond donors (Lipinski definition) is 1. The van der Waals surface area contributed by atoms with E-state index in [2.05, 4.69) is 10.3 Å². The van der Waals surface area contributed by atoms with Crippen LogP contribution in [0.5, 0.6) is 0 Å². The molecule has 1 aliphatic carbocycles. The maximum atomic E-state index is 13.8. The number of nitrogens with one attached hydrogen (secondary N) is 1. The van der Waals surface area contributed by atoms with Crippen molar-refractivity contribution in [2.24, 2.45) is 5.92 Å². The van der Waals surface area contributed by atoms with Gasteiger partial charge in [0.05, 0.1) is 11.9 Å². The number of halogens is 2. The first-order chi connectivity index (χ1) is 14.5. The highest BCUT2D eigenvalue weighted by atomic mass is 19.1. The third kappa shape index (κ3) is 4.50. The Morgan fingerprint density at radius 1 is 1.10 bits per heavy atom. The van der Waals surface area contributed by atoms with Crippen LogP contribution in [0.4, 0.5) is 8.78 Å². The van der Waals surface area contributed by atoms with Crippen LogP contribution >= 0.6 is 0 Å². The first kappa shape index (κ1) is 20.5. The van der Waals surface area contributed by atoms with Gasteiger partial charge in [0.15, 0.2) is 0 Å². The van der Waals surface area contributed by atoms with Gasteiger partial charge >= 0.3 is 0 Å². The number of carbonyl (C=O) groups excluding carboxylic acids is 1. The molecule has 1 heterocycles. The van der Waals surface area contributed by atoms with Crippen molar-refractivity contribution in [3.05, 3.63) is 77.5 Å². The lowest BCUT2D eigenvalue weighted by Gasteiger charge is -2.33. The number of benzene rings is 2. The molecule has 30 heavy (non-hydrogen) atoms. The second kappa shape index (κ2) is 8.90. The van der Waals surface area contributed by atoms with Gasteiger partial charge in [0.2, 0.25) is 5.91 Å². The van der Waals surface area contributed by atoms with Crippen molar-refractivity contribution >= 4 is 16.8 Å². The predicted molar refractivity (Wildman–Crippen MR) is 114 cm³/mol. The van der Waals surface area contributed by atoms with E-state index in [1.165, 1.54) is 12.1 Å². The molecule has 1 aliphatic rings. The Morgan fingerprint density at radius 2 is 1.87 bits per heavy atom. The van der Waals surface area contributed by atoms with Crippen LogP contribution in [0.1, 0.15) is 49.7 Å². The fourth-order valence-electron chi connectivity index (χ4n) is 4.66. The van der Waals surface area contributed by atoms with Crippen LogP contribution in [0.25, 0.3) is 10.9 Å². The minimum absolute atomic E-state index is 0.0388. The van der Waals surface area contributed by atoms with Crippen molar-refractivity contribution in [2.45, 2.75) is 51.0 Å². The molecule has 3 nitrogen and oxygen atoms in total. The Morgan fingerprint density at radius 3 is 2.63 bits per heavy atom. The number of nitrogens with zero attached hydrogens (tertiary/aromatic N) is 1. The summed E-state index contributed by atoms with van der Waals surface area (Å²) in [5.41, 5.74) is 2.40. The summed E-state index contributed by atoms with van der Waals surface area (Å²) in [6.07, 6.45) is 5.83. The summed E-state index contributed by atoms with van der Waals surface area (Å²) < 4.78 is 27.5. The topological polar surface area (TPSA) is 42.0 Å². The van der Waals surface area contributed by atoms with Crippen LogP contribution in [0, 0.1) is 17.6 Å². The van der Waals surface area contributed by atoms with E-state index in [9.17, 15) is 13.6 Å². The summed E-state index contributed by atoms with van der Waals surface area (Å²) >= 11 is 0. The fraction of sp³-hybridized carbons (Fsp3) is 0.360. The summed E-state index contributed by atoms with van der Waals surface area (Å²) in [5, 5.41) is 3.95. The highest BCUT2D eigenvalue weighted by Gasteiger charge is 2.28. The Kier molecular flexibility index (Phi) is 6.07. The molecule has 3 aromatic rings. The zero-order valence-electron chi connectivity index (χ0n) is 17.1. The van der Waals surface area contributed by atoms with Gasteiger partial charge in [-0.15, -0.1) is 0 Å². The van der Waals surface area contributed by atoms with Gasteiger partial charge in [0, 0.05) is 17.6 Å². The minimum atomic E-state index is -0.346. The van der Waals surface area contributed by atoms with Gasteiger partial charge in [-0.1, -0.05) is 18.2 Å². The van der Waals surface area contributed by atoms with Crippen LogP contribution in [0.15, 0.2) is 54.7 Å². The van der Waals surface area contributed by atoms with Gasteiger partial charge in [-0.3, -0.25) is 9.78 Å². The Hall–Kier alpha value is -2.82. The van der Waals surface area contributed by atoms with Crippen LogP contribution in [0.3, 0.4) is 0 Å². The molecule has 0 radical (unpaired) electrons. The van der Waals surface area contributed by atoms with Crippen molar-refractivity contribution < 1.29 is 13.6 Å². The Labute approximate surface area is 175 Å². The van der Waals surface area contributed by atoms with Gasteiger partial charge in [-0.25, -0.2) is 8.78 Å². The molecule has 1 aromatic heterocycles. The van der Waals surface area contributed by atoms with Gasteiger partial charge in [-0.05, 0) is 85.9 Å². The highest BCUT2D eigenvalue weighted by Crippen LogP contribution is 2.39. The Balaban J connectivity index is 1.36. The molecule has 4 rings (SSSR count). The van der Waals surface area contributed by atoms with E-state index >= 15 is 0 Å². The average molecular weight is 408 g/mol. The average Bonchev–Trinajstić information content (AvgIpc) is 2.75. The molecule has 1 saturated carbocycles. The number of fused-ring (bicyclic) bond motifs is 1. The number of pyridine rings is 1. The molecule has 0 spiro atoms. The Bertz CT molecular complexity index is 1040. The standard InChI is InChI=1S/C25H26F2N2O/c1-16(29-25(30)14-19-4-2-3-5-23(19)27)17-6-8-18(9-7-17)21-12-13-28-24-11-10-20(26)15-22(21)24/h2-5,10-13,15-18H,6-9,14H2,1H3,(H,29,30)/t16-,17?,18?/m1/s1. The number of rotatable bonds is 5. The van der Waals surface area contributed by atoms with E-state index in [1.807, 2.05) is 13.0 Å². The van der Waals surface area contributed by atoms with E-state index in [0.29, 0.717) is 17.4 Å². The lowest BCUT2D eigenvalue weighted by Crippen LogP contribution is -2.40. The molecule has 1 fully saturated rings. The van der Waals surface area contributed by atoms with Gasteiger partial charge in [0.25, 0.3) is 0 Å².